The third kappa shape index (κ3) is 6.35. The maximum Gasteiger partial charge on any atom is 0.246 e. The van der Waals surface area contributed by atoms with Crippen molar-refractivity contribution >= 4 is 12.0 Å². The fraction of sp³-hybridized carbons (Fsp3) is 0.609. The molecule has 8 heteroatoms. The van der Waals surface area contributed by atoms with E-state index < -0.39 is 0 Å². The molecule has 2 aliphatic heterocycles. The molecule has 1 aromatic carbocycles. The van der Waals surface area contributed by atoms with Crippen LogP contribution in [-0.2, 0) is 14.3 Å². The molecule has 0 N–H and O–H groups in total. The molecule has 0 bridgehead atoms. The third-order valence-corrected chi connectivity index (χ3v) is 5.78. The van der Waals surface area contributed by atoms with Crippen LogP contribution in [-0.4, -0.2) is 95.7 Å². The molecular weight excluding hydrogens is 400 g/mol. The molecule has 8 nitrogen and oxygen atoms in total. The van der Waals surface area contributed by atoms with Crippen LogP contribution in [0.2, 0.25) is 0 Å². The van der Waals surface area contributed by atoms with E-state index in [-0.39, 0.29) is 11.9 Å². The van der Waals surface area contributed by atoms with Gasteiger partial charge < -0.3 is 28.6 Å². The highest BCUT2D eigenvalue weighted by Crippen LogP contribution is 2.38. The SMILES string of the molecule is COc1cc(/C=C/C(=O)N(CCN2CCOCC2)C2CCOCC2)cc(OC)c1OC. The summed E-state index contributed by atoms with van der Waals surface area (Å²) in [6.07, 6.45) is 5.17. The number of ether oxygens (including phenoxy) is 5. The number of carbonyl (C=O) groups excluding carboxylic acids is 1. The molecule has 0 unspecified atom stereocenters. The fourth-order valence-electron chi connectivity index (χ4n) is 4.00. The molecule has 1 amide bonds. The molecule has 0 aromatic heterocycles. The molecule has 0 spiro atoms. The molecule has 2 fully saturated rings. The summed E-state index contributed by atoms with van der Waals surface area (Å²) in [5.74, 6) is 1.65. The first-order valence-electron chi connectivity index (χ1n) is 10.8. The molecule has 0 radical (unpaired) electrons. The van der Waals surface area contributed by atoms with Gasteiger partial charge in [0.2, 0.25) is 11.7 Å². The second-order valence-electron chi connectivity index (χ2n) is 7.62. The highest BCUT2D eigenvalue weighted by Gasteiger charge is 2.25. The zero-order valence-corrected chi connectivity index (χ0v) is 18.8. The maximum absolute atomic E-state index is 13.2. The number of amides is 1. The highest BCUT2D eigenvalue weighted by molar-refractivity contribution is 5.92. The van der Waals surface area contributed by atoms with E-state index in [1.165, 1.54) is 0 Å². The predicted molar refractivity (Wildman–Crippen MR) is 118 cm³/mol. The van der Waals surface area contributed by atoms with Crippen molar-refractivity contribution in [2.24, 2.45) is 0 Å². The molecule has 2 heterocycles. The lowest BCUT2D eigenvalue weighted by molar-refractivity contribution is -0.130. The zero-order valence-electron chi connectivity index (χ0n) is 18.8. The van der Waals surface area contributed by atoms with E-state index >= 15 is 0 Å². The minimum atomic E-state index is 0.00825. The van der Waals surface area contributed by atoms with Crippen LogP contribution < -0.4 is 14.2 Å². The smallest absolute Gasteiger partial charge is 0.246 e. The van der Waals surface area contributed by atoms with Gasteiger partial charge in [-0.2, -0.15) is 0 Å². The van der Waals surface area contributed by atoms with Crippen molar-refractivity contribution in [3.05, 3.63) is 23.8 Å². The van der Waals surface area contributed by atoms with E-state index in [1.807, 2.05) is 17.0 Å². The Morgan fingerprint density at radius 1 is 1.03 bits per heavy atom. The van der Waals surface area contributed by atoms with Crippen LogP contribution in [0.3, 0.4) is 0 Å². The van der Waals surface area contributed by atoms with Crippen LogP contribution in [0.4, 0.5) is 0 Å². The van der Waals surface area contributed by atoms with Crippen LogP contribution in [0.25, 0.3) is 6.08 Å². The molecule has 1 aromatic rings. The number of hydrogen-bond acceptors (Lipinski definition) is 7. The van der Waals surface area contributed by atoms with Gasteiger partial charge in [0.25, 0.3) is 0 Å². The van der Waals surface area contributed by atoms with E-state index in [2.05, 4.69) is 4.90 Å². The first kappa shape index (κ1) is 23.4. The number of hydrogen-bond donors (Lipinski definition) is 0. The minimum absolute atomic E-state index is 0.00825. The average molecular weight is 435 g/mol. The average Bonchev–Trinajstić information content (AvgIpc) is 2.83. The van der Waals surface area contributed by atoms with E-state index in [9.17, 15) is 4.79 Å². The Kier molecular flexibility index (Phi) is 8.99. The molecule has 0 saturated carbocycles. The largest absolute Gasteiger partial charge is 0.493 e. The summed E-state index contributed by atoms with van der Waals surface area (Å²) in [6, 6.07) is 3.86. The van der Waals surface area contributed by atoms with Crippen LogP contribution in [0.5, 0.6) is 17.2 Å². The van der Waals surface area contributed by atoms with Gasteiger partial charge in [-0.15, -0.1) is 0 Å². The van der Waals surface area contributed by atoms with Gasteiger partial charge in [-0.25, -0.2) is 0 Å². The quantitative estimate of drug-likeness (QED) is 0.551. The van der Waals surface area contributed by atoms with Gasteiger partial charge in [-0.1, -0.05) is 0 Å². The van der Waals surface area contributed by atoms with Crippen molar-refractivity contribution in [3.63, 3.8) is 0 Å². The lowest BCUT2D eigenvalue weighted by Crippen LogP contribution is -2.48. The second-order valence-corrected chi connectivity index (χ2v) is 7.62. The van der Waals surface area contributed by atoms with Crippen molar-refractivity contribution in [2.75, 3.05) is 73.9 Å². The Hall–Kier alpha value is -2.29. The fourth-order valence-corrected chi connectivity index (χ4v) is 4.00. The lowest BCUT2D eigenvalue weighted by atomic mass is 10.1. The molecule has 2 saturated heterocycles. The Labute approximate surface area is 184 Å². The highest BCUT2D eigenvalue weighted by atomic mass is 16.5. The summed E-state index contributed by atoms with van der Waals surface area (Å²) in [5.41, 5.74) is 0.808. The summed E-state index contributed by atoms with van der Waals surface area (Å²) in [6.45, 7) is 6.28. The summed E-state index contributed by atoms with van der Waals surface area (Å²) in [7, 11) is 4.72. The number of benzene rings is 1. The first-order valence-corrected chi connectivity index (χ1v) is 10.8. The summed E-state index contributed by atoms with van der Waals surface area (Å²) >= 11 is 0. The van der Waals surface area contributed by atoms with Crippen molar-refractivity contribution < 1.29 is 28.5 Å². The van der Waals surface area contributed by atoms with Crippen LogP contribution in [0.1, 0.15) is 18.4 Å². The number of methoxy groups -OCH3 is 3. The normalized spacial score (nSPS) is 18.2. The molecule has 31 heavy (non-hydrogen) atoms. The Balaban J connectivity index is 1.73. The van der Waals surface area contributed by atoms with Gasteiger partial charge in [-0.3, -0.25) is 9.69 Å². The third-order valence-electron chi connectivity index (χ3n) is 5.78. The van der Waals surface area contributed by atoms with Crippen molar-refractivity contribution in [2.45, 2.75) is 18.9 Å². The molecule has 0 atom stereocenters. The zero-order chi connectivity index (χ0) is 22.1. The van der Waals surface area contributed by atoms with Gasteiger partial charge in [0, 0.05) is 51.5 Å². The number of rotatable bonds is 9. The van der Waals surface area contributed by atoms with Crippen molar-refractivity contribution in [3.8, 4) is 17.2 Å². The Bertz CT molecular complexity index is 717. The number of nitrogens with zero attached hydrogens (tertiary/aromatic N) is 2. The standard InChI is InChI=1S/C23H34N2O6/c1-27-20-16-18(17-21(28-2)23(20)29-3)4-5-22(26)25(19-6-12-30-13-7-19)9-8-24-10-14-31-15-11-24/h4-5,16-17,19H,6-15H2,1-3H3/b5-4+. The lowest BCUT2D eigenvalue weighted by Gasteiger charge is -2.36. The van der Waals surface area contributed by atoms with E-state index in [0.717, 1.165) is 51.3 Å². The van der Waals surface area contributed by atoms with Crippen molar-refractivity contribution in [1.29, 1.82) is 0 Å². The van der Waals surface area contributed by atoms with Crippen LogP contribution in [0, 0.1) is 0 Å². The van der Waals surface area contributed by atoms with Gasteiger partial charge in [0.1, 0.15) is 0 Å². The Morgan fingerprint density at radius 3 is 2.23 bits per heavy atom. The minimum Gasteiger partial charge on any atom is -0.493 e. The van der Waals surface area contributed by atoms with E-state index in [0.29, 0.717) is 37.0 Å². The molecular formula is C23H34N2O6. The molecule has 172 valence electrons. The number of carbonyl (C=O) groups is 1. The molecule has 2 aliphatic rings. The Morgan fingerprint density at radius 2 is 1.65 bits per heavy atom. The summed E-state index contributed by atoms with van der Waals surface area (Å²) in [4.78, 5) is 17.5. The van der Waals surface area contributed by atoms with E-state index in [4.69, 9.17) is 23.7 Å². The van der Waals surface area contributed by atoms with E-state index in [1.54, 1.807) is 33.5 Å². The second kappa shape index (κ2) is 11.9. The maximum atomic E-state index is 13.2. The van der Waals surface area contributed by atoms with Gasteiger partial charge in [-0.05, 0) is 36.6 Å². The van der Waals surface area contributed by atoms with Crippen LogP contribution >= 0.6 is 0 Å². The molecule has 0 aliphatic carbocycles. The predicted octanol–water partition coefficient (Wildman–Crippen LogP) is 2.07. The summed E-state index contributed by atoms with van der Waals surface area (Å²) < 4.78 is 27.1. The first-order chi connectivity index (χ1) is 15.2. The summed E-state index contributed by atoms with van der Waals surface area (Å²) in [5, 5.41) is 0. The monoisotopic (exact) mass is 434 g/mol. The molecule has 3 rings (SSSR count). The topological polar surface area (TPSA) is 69.7 Å². The van der Waals surface area contributed by atoms with Crippen molar-refractivity contribution in [1.82, 2.24) is 9.80 Å². The van der Waals surface area contributed by atoms with Gasteiger partial charge in [0.05, 0.1) is 34.5 Å². The van der Waals surface area contributed by atoms with Gasteiger partial charge in [0.15, 0.2) is 11.5 Å². The van der Waals surface area contributed by atoms with Crippen LogP contribution in [0.15, 0.2) is 18.2 Å². The number of morpholine rings is 1. The van der Waals surface area contributed by atoms with Gasteiger partial charge >= 0.3 is 0 Å².